The first-order valence-electron chi connectivity index (χ1n) is 9.70. The molecule has 1 heterocycles. The quantitative estimate of drug-likeness (QED) is 0.516. The first-order valence-corrected chi connectivity index (χ1v) is 10.1. The van der Waals surface area contributed by atoms with E-state index in [9.17, 15) is 14.4 Å². The van der Waals surface area contributed by atoms with Gasteiger partial charge in [-0.25, -0.2) is 0 Å². The van der Waals surface area contributed by atoms with E-state index in [0.717, 1.165) is 11.3 Å². The maximum Gasteiger partial charge on any atom is 0.310 e. The number of aryl methyl sites for hydroxylation is 2. The predicted molar refractivity (Wildman–Crippen MR) is 115 cm³/mol. The molecule has 0 saturated heterocycles. The van der Waals surface area contributed by atoms with Crippen LogP contribution in [-0.2, 0) is 27.4 Å². The third-order valence-electron chi connectivity index (χ3n) is 4.56. The zero-order valence-electron chi connectivity index (χ0n) is 17.5. The number of carbonyl (C=O) groups excluding carboxylic acids is 3. The number of nitrogens with one attached hydrogen (secondary N) is 1. The number of rotatable bonds is 8. The van der Waals surface area contributed by atoms with Gasteiger partial charge >= 0.3 is 5.97 Å². The topological polar surface area (TPSA) is 108 Å². The van der Waals surface area contributed by atoms with Crippen LogP contribution < -0.4 is 10.1 Å². The van der Waals surface area contributed by atoms with Crippen molar-refractivity contribution in [2.75, 3.05) is 6.61 Å². The Labute approximate surface area is 189 Å². The Morgan fingerprint density at radius 1 is 1.03 bits per heavy atom. The van der Waals surface area contributed by atoms with Gasteiger partial charge in [0.05, 0.1) is 17.7 Å². The minimum absolute atomic E-state index is 0.0252. The Kier molecular flexibility index (Phi) is 7.62. The first kappa shape index (κ1) is 23.0. The predicted octanol–water partition coefficient (Wildman–Crippen LogP) is 3.57. The van der Waals surface area contributed by atoms with E-state index in [2.05, 4.69) is 10.5 Å². The molecule has 0 radical (unpaired) electrons. The van der Waals surface area contributed by atoms with Gasteiger partial charge in [0, 0.05) is 10.6 Å². The van der Waals surface area contributed by atoms with Crippen molar-refractivity contribution in [3.8, 4) is 5.75 Å². The lowest BCUT2D eigenvalue weighted by Gasteiger charge is -2.08. The van der Waals surface area contributed by atoms with E-state index >= 15 is 0 Å². The first-order chi connectivity index (χ1) is 15.3. The van der Waals surface area contributed by atoms with E-state index < -0.39 is 24.4 Å². The number of nitrogens with zero attached hydrogens (tertiary/aromatic N) is 1. The number of imide groups is 1. The summed E-state index contributed by atoms with van der Waals surface area (Å²) in [5.74, 6) is -0.581. The molecular formula is C23H21ClN2O6. The molecule has 2 amide bonds. The van der Waals surface area contributed by atoms with Crippen LogP contribution >= 0.6 is 11.6 Å². The van der Waals surface area contributed by atoms with Crippen molar-refractivity contribution in [2.24, 2.45) is 0 Å². The zero-order chi connectivity index (χ0) is 23.1. The van der Waals surface area contributed by atoms with Gasteiger partial charge in [0.2, 0.25) is 0 Å². The second-order valence-corrected chi connectivity index (χ2v) is 7.39. The van der Waals surface area contributed by atoms with Gasteiger partial charge in [-0.1, -0.05) is 28.9 Å². The maximum absolute atomic E-state index is 12.0. The van der Waals surface area contributed by atoms with E-state index in [1.54, 1.807) is 24.3 Å². The number of benzene rings is 2. The number of hydrogen-bond donors (Lipinski definition) is 1. The number of hydrogen-bond acceptors (Lipinski definition) is 7. The van der Waals surface area contributed by atoms with E-state index in [-0.39, 0.29) is 12.0 Å². The summed E-state index contributed by atoms with van der Waals surface area (Å²) in [6.45, 7) is 3.43. The van der Waals surface area contributed by atoms with Crippen LogP contribution in [0.4, 0.5) is 0 Å². The van der Waals surface area contributed by atoms with Gasteiger partial charge in [0.25, 0.3) is 11.8 Å². The van der Waals surface area contributed by atoms with Crippen LogP contribution in [0, 0.1) is 13.8 Å². The number of esters is 1. The molecule has 0 fully saturated rings. The lowest BCUT2D eigenvalue weighted by molar-refractivity contribution is -0.147. The maximum atomic E-state index is 12.0. The molecule has 1 aromatic heterocycles. The largest absolute Gasteiger partial charge is 0.489 e. The highest BCUT2D eigenvalue weighted by Crippen LogP contribution is 2.18. The van der Waals surface area contributed by atoms with Crippen LogP contribution in [0.15, 0.2) is 53.1 Å². The number of aromatic nitrogens is 1. The molecule has 0 bridgehead atoms. The number of halogens is 1. The monoisotopic (exact) mass is 456 g/mol. The summed E-state index contributed by atoms with van der Waals surface area (Å²) in [4.78, 5) is 35.8. The van der Waals surface area contributed by atoms with E-state index in [1.807, 2.05) is 13.8 Å². The molecule has 0 atom stereocenters. The third kappa shape index (κ3) is 6.42. The second kappa shape index (κ2) is 10.6. The average molecular weight is 457 g/mol. The van der Waals surface area contributed by atoms with Gasteiger partial charge in [0.15, 0.2) is 6.61 Å². The summed E-state index contributed by atoms with van der Waals surface area (Å²) >= 11 is 5.76. The molecule has 0 unspecified atom stereocenters. The molecule has 0 spiro atoms. The Bertz CT molecular complexity index is 1090. The summed E-state index contributed by atoms with van der Waals surface area (Å²) in [7, 11) is 0. The third-order valence-corrected chi connectivity index (χ3v) is 4.81. The minimum Gasteiger partial charge on any atom is -0.489 e. The van der Waals surface area contributed by atoms with Gasteiger partial charge in [-0.2, -0.15) is 0 Å². The highest BCUT2D eigenvalue weighted by Gasteiger charge is 2.13. The molecule has 9 heteroatoms. The summed E-state index contributed by atoms with van der Waals surface area (Å²) in [5, 5.41) is 6.50. The summed E-state index contributed by atoms with van der Waals surface area (Å²) in [6.07, 6.45) is -0.0252. The lowest BCUT2D eigenvalue weighted by atomic mass is 10.1. The number of carbonyl (C=O) groups is 3. The smallest absolute Gasteiger partial charge is 0.310 e. The molecule has 1 N–H and O–H groups in total. The van der Waals surface area contributed by atoms with Crippen molar-refractivity contribution in [1.82, 2.24) is 10.5 Å². The minimum atomic E-state index is -0.721. The standard InChI is InChI=1S/C23H21ClN2O6/c1-14-20(15(2)32-26-14)12-30-19-9-3-16(4-10-19)11-22(28)31-13-21(27)25-23(29)17-5-7-18(24)8-6-17/h3-10H,11-13H2,1-2H3,(H,25,27,29). The fourth-order valence-electron chi connectivity index (χ4n) is 2.77. The van der Waals surface area contributed by atoms with Crippen LogP contribution in [0.1, 0.15) is 32.9 Å². The van der Waals surface area contributed by atoms with E-state index in [1.165, 1.54) is 24.3 Å². The Morgan fingerprint density at radius 2 is 1.72 bits per heavy atom. The van der Waals surface area contributed by atoms with Crippen LogP contribution in [0.3, 0.4) is 0 Å². The molecule has 32 heavy (non-hydrogen) atoms. The van der Waals surface area contributed by atoms with Crippen molar-refractivity contribution in [2.45, 2.75) is 26.9 Å². The second-order valence-electron chi connectivity index (χ2n) is 6.96. The van der Waals surface area contributed by atoms with Crippen molar-refractivity contribution in [1.29, 1.82) is 0 Å². The summed E-state index contributed by atoms with van der Waals surface area (Å²) < 4.78 is 15.8. The van der Waals surface area contributed by atoms with Gasteiger partial charge in [-0.3, -0.25) is 19.7 Å². The molecule has 3 aromatic rings. The van der Waals surface area contributed by atoms with Gasteiger partial charge in [-0.05, 0) is 55.8 Å². The molecule has 2 aromatic carbocycles. The molecule has 3 rings (SSSR count). The van der Waals surface area contributed by atoms with Gasteiger partial charge in [-0.15, -0.1) is 0 Å². The Morgan fingerprint density at radius 3 is 2.34 bits per heavy atom. The van der Waals surface area contributed by atoms with Crippen LogP contribution in [0.5, 0.6) is 5.75 Å². The fourth-order valence-corrected chi connectivity index (χ4v) is 2.89. The fraction of sp³-hybridized carbons (Fsp3) is 0.217. The van der Waals surface area contributed by atoms with Crippen LogP contribution in [0.2, 0.25) is 5.02 Å². The molecule has 166 valence electrons. The Balaban J connectivity index is 1.42. The molecule has 8 nitrogen and oxygen atoms in total. The van der Waals surface area contributed by atoms with E-state index in [4.69, 9.17) is 25.6 Å². The van der Waals surface area contributed by atoms with Crippen LogP contribution in [0.25, 0.3) is 0 Å². The number of ether oxygens (including phenoxy) is 2. The molecule has 0 aliphatic heterocycles. The van der Waals surface area contributed by atoms with E-state index in [0.29, 0.717) is 28.7 Å². The summed E-state index contributed by atoms with van der Waals surface area (Å²) in [6, 6.07) is 13.0. The van der Waals surface area contributed by atoms with Crippen molar-refractivity contribution in [3.05, 3.63) is 81.7 Å². The summed E-state index contributed by atoms with van der Waals surface area (Å²) in [5.41, 5.74) is 2.63. The van der Waals surface area contributed by atoms with Crippen molar-refractivity contribution in [3.63, 3.8) is 0 Å². The molecule has 0 saturated carbocycles. The highest BCUT2D eigenvalue weighted by molar-refractivity contribution is 6.30. The molecule has 0 aliphatic carbocycles. The molecule has 0 aliphatic rings. The SMILES string of the molecule is Cc1noc(C)c1COc1ccc(CC(=O)OCC(=O)NC(=O)c2ccc(Cl)cc2)cc1. The molecular weight excluding hydrogens is 436 g/mol. The van der Waals surface area contributed by atoms with Gasteiger partial charge in [0.1, 0.15) is 18.1 Å². The van der Waals surface area contributed by atoms with Crippen molar-refractivity contribution >= 4 is 29.4 Å². The number of amides is 2. The average Bonchev–Trinajstić information content (AvgIpc) is 3.09. The zero-order valence-corrected chi connectivity index (χ0v) is 18.3. The lowest BCUT2D eigenvalue weighted by Crippen LogP contribution is -2.34. The normalized spacial score (nSPS) is 10.5. The highest BCUT2D eigenvalue weighted by atomic mass is 35.5. The van der Waals surface area contributed by atoms with Gasteiger partial charge < -0.3 is 14.0 Å². The Hall–Kier alpha value is -3.65. The van der Waals surface area contributed by atoms with Crippen molar-refractivity contribution < 1.29 is 28.4 Å². The van der Waals surface area contributed by atoms with Crippen LogP contribution in [-0.4, -0.2) is 29.5 Å².